The molecule has 6 nitrogen and oxygen atoms in total. The molecule has 2 N–H and O–H groups in total. The van der Waals surface area contributed by atoms with E-state index in [1.807, 2.05) is 31.2 Å². The predicted octanol–water partition coefficient (Wildman–Crippen LogP) is 0.986. The first-order chi connectivity index (χ1) is 11.5. The van der Waals surface area contributed by atoms with E-state index in [0.29, 0.717) is 32.6 Å². The SMILES string of the molecule is CC(=O)NCCCNC(=O)C1CC(=O)N(Cc2ccc(C)cc2)C1. The van der Waals surface area contributed by atoms with Crippen molar-refractivity contribution >= 4 is 17.7 Å². The molecule has 0 radical (unpaired) electrons. The molecule has 1 atom stereocenters. The Hall–Kier alpha value is -2.37. The normalized spacial score (nSPS) is 17.0. The molecule has 0 spiro atoms. The average molecular weight is 331 g/mol. The van der Waals surface area contributed by atoms with Gasteiger partial charge in [0.1, 0.15) is 0 Å². The van der Waals surface area contributed by atoms with Gasteiger partial charge in [-0.25, -0.2) is 0 Å². The molecule has 130 valence electrons. The van der Waals surface area contributed by atoms with Gasteiger partial charge in [-0.15, -0.1) is 0 Å². The minimum Gasteiger partial charge on any atom is -0.356 e. The highest BCUT2D eigenvalue weighted by Crippen LogP contribution is 2.20. The zero-order chi connectivity index (χ0) is 17.5. The van der Waals surface area contributed by atoms with Crippen molar-refractivity contribution in [2.75, 3.05) is 19.6 Å². The van der Waals surface area contributed by atoms with Gasteiger partial charge in [-0.05, 0) is 18.9 Å². The molecule has 1 saturated heterocycles. The lowest BCUT2D eigenvalue weighted by molar-refractivity contribution is -0.129. The smallest absolute Gasteiger partial charge is 0.225 e. The molecule has 0 aliphatic carbocycles. The fourth-order valence-corrected chi connectivity index (χ4v) is 2.72. The predicted molar refractivity (Wildman–Crippen MR) is 91.0 cm³/mol. The number of nitrogens with one attached hydrogen (secondary N) is 2. The van der Waals surface area contributed by atoms with Crippen molar-refractivity contribution in [1.29, 1.82) is 0 Å². The van der Waals surface area contributed by atoms with Crippen LogP contribution in [0.5, 0.6) is 0 Å². The molecule has 0 bridgehead atoms. The highest BCUT2D eigenvalue weighted by Gasteiger charge is 2.33. The molecule has 1 heterocycles. The minimum absolute atomic E-state index is 0.0222. The third-order valence-electron chi connectivity index (χ3n) is 4.11. The standard InChI is InChI=1S/C18H25N3O3/c1-13-4-6-15(7-5-13)11-21-12-16(10-17(21)23)18(24)20-9-3-8-19-14(2)22/h4-7,16H,3,8-12H2,1-2H3,(H,19,22)(H,20,24). The maximum Gasteiger partial charge on any atom is 0.225 e. The molecular weight excluding hydrogens is 306 g/mol. The van der Waals surface area contributed by atoms with Crippen molar-refractivity contribution < 1.29 is 14.4 Å². The Morgan fingerprint density at radius 1 is 1.17 bits per heavy atom. The first-order valence-electron chi connectivity index (χ1n) is 8.31. The van der Waals surface area contributed by atoms with E-state index in [4.69, 9.17) is 0 Å². The zero-order valence-corrected chi connectivity index (χ0v) is 14.3. The van der Waals surface area contributed by atoms with E-state index < -0.39 is 0 Å². The third kappa shape index (κ3) is 5.37. The maximum atomic E-state index is 12.2. The van der Waals surface area contributed by atoms with E-state index >= 15 is 0 Å². The molecule has 24 heavy (non-hydrogen) atoms. The van der Waals surface area contributed by atoms with Gasteiger partial charge < -0.3 is 15.5 Å². The number of hydrogen-bond acceptors (Lipinski definition) is 3. The van der Waals surface area contributed by atoms with Crippen molar-refractivity contribution in [1.82, 2.24) is 15.5 Å². The van der Waals surface area contributed by atoms with Crippen LogP contribution in [0, 0.1) is 12.8 Å². The molecule has 6 heteroatoms. The number of nitrogens with zero attached hydrogens (tertiary/aromatic N) is 1. The van der Waals surface area contributed by atoms with Crippen molar-refractivity contribution in [3.05, 3.63) is 35.4 Å². The lowest BCUT2D eigenvalue weighted by Gasteiger charge is -2.17. The second-order valence-electron chi connectivity index (χ2n) is 6.29. The molecule has 2 rings (SSSR count). The van der Waals surface area contributed by atoms with Gasteiger partial charge in [0.25, 0.3) is 0 Å². The summed E-state index contributed by atoms with van der Waals surface area (Å²) in [5, 5.41) is 5.52. The van der Waals surface area contributed by atoms with Gasteiger partial charge in [-0.1, -0.05) is 29.8 Å². The topological polar surface area (TPSA) is 78.5 Å². The lowest BCUT2D eigenvalue weighted by Crippen LogP contribution is -2.34. The molecule has 3 amide bonds. The van der Waals surface area contributed by atoms with Crippen LogP contribution in [0.25, 0.3) is 0 Å². The highest BCUT2D eigenvalue weighted by molar-refractivity contribution is 5.89. The highest BCUT2D eigenvalue weighted by atomic mass is 16.2. The summed E-state index contributed by atoms with van der Waals surface area (Å²) in [7, 11) is 0. The second kappa shape index (κ2) is 8.47. The van der Waals surface area contributed by atoms with Gasteiger partial charge in [-0.3, -0.25) is 14.4 Å². The fraction of sp³-hybridized carbons (Fsp3) is 0.500. The largest absolute Gasteiger partial charge is 0.356 e. The number of hydrogen-bond donors (Lipinski definition) is 2. The van der Waals surface area contributed by atoms with Gasteiger partial charge in [0.15, 0.2) is 0 Å². The fourth-order valence-electron chi connectivity index (χ4n) is 2.72. The summed E-state index contributed by atoms with van der Waals surface area (Å²) in [6.07, 6.45) is 0.947. The van der Waals surface area contributed by atoms with E-state index in [-0.39, 0.29) is 30.1 Å². The lowest BCUT2D eigenvalue weighted by atomic mass is 10.1. The van der Waals surface area contributed by atoms with E-state index in [2.05, 4.69) is 10.6 Å². The maximum absolute atomic E-state index is 12.2. The number of rotatable bonds is 7. The summed E-state index contributed by atoms with van der Waals surface area (Å²) in [5.41, 5.74) is 2.26. The van der Waals surface area contributed by atoms with Gasteiger partial charge in [0.05, 0.1) is 5.92 Å². The first-order valence-corrected chi connectivity index (χ1v) is 8.31. The number of carbonyl (C=O) groups excluding carboxylic acids is 3. The van der Waals surface area contributed by atoms with Crippen LogP contribution >= 0.6 is 0 Å². The Bertz CT molecular complexity index is 598. The summed E-state index contributed by atoms with van der Waals surface area (Å²) in [5.74, 6) is -0.426. The molecule has 1 aromatic carbocycles. The van der Waals surface area contributed by atoms with Crippen LogP contribution in [0.4, 0.5) is 0 Å². The number of likely N-dealkylation sites (tertiary alicyclic amines) is 1. The number of amides is 3. The van der Waals surface area contributed by atoms with Crippen molar-refractivity contribution in [2.24, 2.45) is 5.92 Å². The first kappa shape index (κ1) is 18.0. The van der Waals surface area contributed by atoms with Crippen LogP contribution in [-0.4, -0.2) is 42.3 Å². The van der Waals surface area contributed by atoms with Gasteiger partial charge in [0.2, 0.25) is 17.7 Å². The van der Waals surface area contributed by atoms with Crippen molar-refractivity contribution in [2.45, 2.75) is 33.2 Å². The van der Waals surface area contributed by atoms with Crippen molar-refractivity contribution in [3.63, 3.8) is 0 Å². The van der Waals surface area contributed by atoms with E-state index in [0.717, 1.165) is 5.56 Å². The number of aryl methyl sites for hydroxylation is 1. The quantitative estimate of drug-likeness (QED) is 0.731. The van der Waals surface area contributed by atoms with Crippen LogP contribution in [0.1, 0.15) is 30.9 Å². The molecule has 0 aromatic heterocycles. The average Bonchev–Trinajstić information content (AvgIpc) is 2.90. The van der Waals surface area contributed by atoms with Crippen LogP contribution in [0.15, 0.2) is 24.3 Å². The molecule has 1 aromatic rings. The molecule has 1 aliphatic rings. The Kier molecular flexibility index (Phi) is 6.35. The Morgan fingerprint density at radius 3 is 2.50 bits per heavy atom. The van der Waals surface area contributed by atoms with E-state index in [1.165, 1.54) is 12.5 Å². The molecule has 1 aliphatic heterocycles. The number of carbonyl (C=O) groups is 3. The second-order valence-corrected chi connectivity index (χ2v) is 6.29. The minimum atomic E-state index is -0.288. The summed E-state index contributed by atoms with van der Waals surface area (Å²) in [4.78, 5) is 36.8. The molecule has 1 unspecified atom stereocenters. The Labute approximate surface area is 142 Å². The van der Waals surface area contributed by atoms with Crippen LogP contribution in [-0.2, 0) is 20.9 Å². The van der Waals surface area contributed by atoms with Crippen LogP contribution in [0.2, 0.25) is 0 Å². The van der Waals surface area contributed by atoms with Gasteiger partial charge in [-0.2, -0.15) is 0 Å². The molecule has 1 fully saturated rings. The summed E-state index contributed by atoms with van der Waals surface area (Å²) in [6, 6.07) is 8.07. The van der Waals surface area contributed by atoms with Gasteiger partial charge in [0, 0.05) is 39.5 Å². The zero-order valence-electron chi connectivity index (χ0n) is 14.3. The third-order valence-corrected chi connectivity index (χ3v) is 4.11. The van der Waals surface area contributed by atoms with E-state index in [9.17, 15) is 14.4 Å². The van der Waals surface area contributed by atoms with Gasteiger partial charge >= 0.3 is 0 Å². The monoisotopic (exact) mass is 331 g/mol. The Morgan fingerprint density at radius 2 is 1.83 bits per heavy atom. The van der Waals surface area contributed by atoms with Crippen LogP contribution < -0.4 is 10.6 Å². The summed E-state index contributed by atoms with van der Waals surface area (Å²) in [6.45, 7) is 5.54. The molecule has 0 saturated carbocycles. The number of benzene rings is 1. The van der Waals surface area contributed by atoms with E-state index in [1.54, 1.807) is 4.90 Å². The molecular formula is C18H25N3O3. The summed E-state index contributed by atoms with van der Waals surface area (Å²) >= 11 is 0. The van der Waals surface area contributed by atoms with Crippen LogP contribution in [0.3, 0.4) is 0 Å². The summed E-state index contributed by atoms with van der Waals surface area (Å²) < 4.78 is 0. The Balaban J connectivity index is 1.75. The van der Waals surface area contributed by atoms with Crippen molar-refractivity contribution in [3.8, 4) is 0 Å².